The molecule has 0 aliphatic heterocycles. The molecule has 0 unspecified atom stereocenters. The van der Waals surface area contributed by atoms with Crippen molar-refractivity contribution in [2.75, 3.05) is 11.0 Å². The number of sulfonamides is 1. The summed E-state index contributed by atoms with van der Waals surface area (Å²) < 4.78 is 85.6. The number of fused-ring (bicyclic) bond motifs is 2. The summed E-state index contributed by atoms with van der Waals surface area (Å²) in [4.78, 5) is 19.1. The molecule has 6 aromatic rings. The Balaban J connectivity index is 1.58. The number of aryl methyl sites for hydroxylation is 1. The molecule has 0 fully saturated rings. The highest BCUT2D eigenvalue weighted by Gasteiger charge is 2.26. The molecule has 0 amide bonds. The van der Waals surface area contributed by atoms with Gasteiger partial charge in [-0.2, -0.15) is 10.2 Å². The minimum Gasteiger partial charge on any atom is -0.321 e. The number of nitrogens with zero attached hydrogens (tertiary/aromatic N) is 6. The van der Waals surface area contributed by atoms with Crippen LogP contribution >= 0.6 is 11.6 Å². The number of nitrogens with one attached hydrogen (secondary N) is 1. The smallest absolute Gasteiger partial charge is 0.266 e. The summed E-state index contributed by atoms with van der Waals surface area (Å²) in [6.45, 7) is 0.152. The normalized spacial score (nSPS) is 13.0. The van der Waals surface area contributed by atoms with E-state index < -0.39 is 45.7 Å². The Morgan fingerprint density at radius 2 is 1.75 bits per heavy atom. The number of anilines is 1. The van der Waals surface area contributed by atoms with Crippen molar-refractivity contribution < 1.29 is 26.0 Å². The van der Waals surface area contributed by atoms with Crippen molar-refractivity contribution in [1.29, 1.82) is 0 Å². The highest BCUT2D eigenvalue weighted by Crippen LogP contribution is 2.35. The first-order chi connectivity index (χ1) is 22.5. The van der Waals surface area contributed by atoms with Crippen LogP contribution in [0.25, 0.3) is 38.8 Å². The number of hydrogen-bond donors (Lipinski definition) is 2. The van der Waals surface area contributed by atoms with E-state index in [-0.39, 0.29) is 56.1 Å². The standard InChI is InChI=1S/C31H27ClF4N8O3S/c1-31(35,36)15-43-9-8-23(39-43)17-4-5-20-24(13-17)38-29(22(37)12-16-10-18(33)14-19(34)11-16)44(30(20)45)25-7-6-21(32)26-27(25)42(2)40-28(26)41-48(3,46)47/h4-11,13-14,22H,12,15,37H2,1-3H3,(H,40,41)/t22-/m0/s1. The van der Waals surface area contributed by atoms with Gasteiger partial charge in [-0.15, -0.1) is 0 Å². The quantitative estimate of drug-likeness (QED) is 0.194. The van der Waals surface area contributed by atoms with Crippen LogP contribution in [0.4, 0.5) is 23.4 Å². The van der Waals surface area contributed by atoms with E-state index in [2.05, 4.69) is 14.9 Å². The first-order valence-electron chi connectivity index (χ1n) is 14.3. The van der Waals surface area contributed by atoms with Crippen LogP contribution in [0.15, 0.2) is 65.6 Å². The van der Waals surface area contributed by atoms with Gasteiger partial charge in [0.15, 0.2) is 5.82 Å². The molecule has 250 valence electrons. The predicted octanol–water partition coefficient (Wildman–Crippen LogP) is 5.34. The molecule has 0 spiro atoms. The molecule has 3 aromatic carbocycles. The van der Waals surface area contributed by atoms with Crippen molar-refractivity contribution in [1.82, 2.24) is 29.1 Å². The predicted molar refractivity (Wildman–Crippen MR) is 174 cm³/mol. The van der Waals surface area contributed by atoms with Crippen molar-refractivity contribution in [2.45, 2.75) is 31.9 Å². The van der Waals surface area contributed by atoms with Crippen molar-refractivity contribution in [2.24, 2.45) is 12.8 Å². The second kappa shape index (κ2) is 12.0. The molecule has 11 nitrogen and oxygen atoms in total. The molecule has 17 heteroatoms. The zero-order valence-corrected chi connectivity index (χ0v) is 27.1. The van der Waals surface area contributed by atoms with E-state index in [0.29, 0.717) is 11.3 Å². The van der Waals surface area contributed by atoms with Gasteiger partial charge >= 0.3 is 0 Å². The van der Waals surface area contributed by atoms with E-state index in [1.807, 2.05) is 0 Å². The summed E-state index contributed by atoms with van der Waals surface area (Å²) >= 11 is 6.51. The molecular weight excluding hydrogens is 676 g/mol. The van der Waals surface area contributed by atoms with Crippen molar-refractivity contribution in [3.63, 3.8) is 0 Å². The summed E-state index contributed by atoms with van der Waals surface area (Å²) in [5, 5.41) is 8.99. The molecule has 3 heterocycles. The topological polar surface area (TPSA) is 143 Å². The summed E-state index contributed by atoms with van der Waals surface area (Å²) in [6, 6.07) is 11.0. The van der Waals surface area contributed by atoms with Crippen LogP contribution in [-0.2, 0) is 30.0 Å². The van der Waals surface area contributed by atoms with Gasteiger partial charge in [0.1, 0.15) is 24.0 Å². The number of aromatic nitrogens is 6. The van der Waals surface area contributed by atoms with Crippen LogP contribution in [0.1, 0.15) is 24.4 Å². The maximum absolute atomic E-state index is 14.4. The lowest BCUT2D eigenvalue weighted by Crippen LogP contribution is -2.30. The van der Waals surface area contributed by atoms with E-state index in [9.17, 15) is 30.8 Å². The van der Waals surface area contributed by atoms with E-state index in [1.54, 1.807) is 18.2 Å². The molecule has 1 atom stereocenters. The third-order valence-electron chi connectivity index (χ3n) is 7.42. The van der Waals surface area contributed by atoms with E-state index >= 15 is 0 Å². The van der Waals surface area contributed by atoms with Gasteiger partial charge in [-0.25, -0.2) is 31.0 Å². The number of halogens is 5. The van der Waals surface area contributed by atoms with Crippen LogP contribution < -0.4 is 16.0 Å². The lowest BCUT2D eigenvalue weighted by molar-refractivity contribution is 0.000649. The highest BCUT2D eigenvalue weighted by molar-refractivity contribution is 7.92. The Hall–Kier alpha value is -4.80. The second-order valence-corrected chi connectivity index (χ2v) is 13.7. The number of nitrogens with two attached hydrogens (primary N) is 1. The molecule has 0 aliphatic rings. The number of benzene rings is 3. The molecule has 0 saturated heterocycles. The van der Waals surface area contributed by atoms with Gasteiger partial charge in [-0.05, 0) is 54.4 Å². The van der Waals surface area contributed by atoms with Gasteiger partial charge in [0.2, 0.25) is 10.0 Å². The molecule has 48 heavy (non-hydrogen) atoms. The fourth-order valence-corrected chi connectivity index (χ4v) is 6.33. The maximum atomic E-state index is 14.4. The molecule has 6 rings (SSSR count). The van der Waals surface area contributed by atoms with Gasteiger partial charge in [0, 0.05) is 31.8 Å². The fraction of sp³-hybridized carbons (Fsp3) is 0.226. The van der Waals surface area contributed by atoms with E-state index in [4.69, 9.17) is 22.3 Å². The number of alkyl halides is 2. The van der Waals surface area contributed by atoms with Crippen molar-refractivity contribution in [3.8, 4) is 16.9 Å². The Morgan fingerprint density at radius 1 is 1.04 bits per heavy atom. The molecule has 0 bridgehead atoms. The highest BCUT2D eigenvalue weighted by atomic mass is 35.5. The average molecular weight is 703 g/mol. The molecule has 3 aromatic heterocycles. The molecule has 0 aliphatic carbocycles. The summed E-state index contributed by atoms with van der Waals surface area (Å²) in [6.07, 6.45) is 2.23. The average Bonchev–Trinajstić information content (AvgIpc) is 3.55. The largest absolute Gasteiger partial charge is 0.321 e. The SMILES string of the molecule is Cn1nc(NS(C)(=O)=O)c2c(Cl)ccc(-n3c([C@@H](N)Cc4cc(F)cc(F)c4)nc4cc(-c5ccn(CC(C)(F)F)n5)ccc4c3=O)c21. The summed E-state index contributed by atoms with van der Waals surface area (Å²) in [5.74, 6) is -4.70. The van der Waals surface area contributed by atoms with Gasteiger partial charge in [-0.3, -0.25) is 23.4 Å². The minimum atomic E-state index is -3.77. The van der Waals surface area contributed by atoms with Crippen LogP contribution in [0, 0.1) is 11.6 Å². The lowest BCUT2D eigenvalue weighted by Gasteiger charge is -2.20. The third kappa shape index (κ3) is 6.63. The molecule has 3 N–H and O–H groups in total. The van der Waals surface area contributed by atoms with Crippen LogP contribution in [0.2, 0.25) is 5.02 Å². The van der Waals surface area contributed by atoms with Gasteiger partial charge in [-0.1, -0.05) is 17.7 Å². The van der Waals surface area contributed by atoms with Crippen LogP contribution in [0.3, 0.4) is 0 Å². The van der Waals surface area contributed by atoms with Gasteiger partial charge in [0.05, 0.1) is 50.5 Å². The van der Waals surface area contributed by atoms with E-state index in [1.165, 1.54) is 40.7 Å². The van der Waals surface area contributed by atoms with Crippen molar-refractivity contribution in [3.05, 3.63) is 99.2 Å². The van der Waals surface area contributed by atoms with Crippen LogP contribution in [-0.4, -0.2) is 49.7 Å². The fourth-order valence-electron chi connectivity index (χ4n) is 5.59. The summed E-state index contributed by atoms with van der Waals surface area (Å²) in [7, 11) is -2.24. The Labute approximate surface area is 275 Å². The first kappa shape index (κ1) is 33.1. The molecule has 0 saturated carbocycles. The minimum absolute atomic E-state index is 0.00656. The molecule has 0 radical (unpaired) electrons. The Bertz CT molecular complexity index is 2380. The Kier molecular flexibility index (Phi) is 8.29. The Morgan fingerprint density at radius 3 is 2.42 bits per heavy atom. The zero-order valence-electron chi connectivity index (χ0n) is 25.5. The van der Waals surface area contributed by atoms with E-state index in [0.717, 1.165) is 36.1 Å². The monoisotopic (exact) mass is 702 g/mol. The molecular formula is C31H27ClF4N8O3S. The lowest BCUT2D eigenvalue weighted by atomic mass is 10.0. The third-order valence-corrected chi connectivity index (χ3v) is 8.30. The summed E-state index contributed by atoms with van der Waals surface area (Å²) in [5.41, 5.74) is 7.75. The number of rotatable bonds is 9. The van der Waals surface area contributed by atoms with Gasteiger partial charge < -0.3 is 5.73 Å². The zero-order chi connectivity index (χ0) is 34.7. The second-order valence-electron chi connectivity index (χ2n) is 11.5. The maximum Gasteiger partial charge on any atom is 0.266 e. The van der Waals surface area contributed by atoms with Crippen molar-refractivity contribution >= 4 is 49.2 Å². The van der Waals surface area contributed by atoms with Crippen LogP contribution in [0.5, 0.6) is 0 Å². The van der Waals surface area contributed by atoms with Gasteiger partial charge in [0.25, 0.3) is 11.5 Å². The first-order valence-corrected chi connectivity index (χ1v) is 16.6. The number of hydrogen-bond acceptors (Lipinski definition) is 7.